The first-order chi connectivity index (χ1) is 24.1. The summed E-state index contributed by atoms with van der Waals surface area (Å²) >= 11 is 0. The van der Waals surface area contributed by atoms with Gasteiger partial charge in [0.2, 0.25) is 0 Å². The van der Waals surface area contributed by atoms with Gasteiger partial charge < -0.3 is 4.42 Å². The van der Waals surface area contributed by atoms with Gasteiger partial charge in [-0.2, -0.15) is 0 Å². The lowest BCUT2D eigenvalue weighted by Gasteiger charge is -2.12. The number of fused-ring (bicyclic) bond motifs is 4. The molecule has 0 unspecified atom stereocenters. The van der Waals surface area contributed by atoms with Crippen molar-refractivity contribution in [3.63, 3.8) is 0 Å². The maximum atomic E-state index is 6.44. The summed E-state index contributed by atoms with van der Waals surface area (Å²) in [6.45, 7) is 4.36. The number of aryl methyl sites for hydroxylation is 2. The largest absolute Gasteiger partial charge is 0.456 e. The van der Waals surface area contributed by atoms with Gasteiger partial charge in [-0.1, -0.05) is 103 Å². The predicted octanol–water partition coefficient (Wildman–Crippen LogP) is 12.5. The fourth-order valence-corrected chi connectivity index (χ4v) is 7.13. The highest BCUT2D eigenvalue weighted by Gasteiger charge is 2.16. The van der Waals surface area contributed by atoms with Crippen LogP contribution in [0.4, 0.5) is 0 Å². The van der Waals surface area contributed by atoms with E-state index in [2.05, 4.69) is 152 Å². The van der Waals surface area contributed by atoms with Crippen LogP contribution in [0, 0.1) is 13.8 Å². The average Bonchev–Trinajstić information content (AvgIpc) is 3.54. The average molecular weight is 629 g/mol. The zero-order chi connectivity index (χ0) is 32.9. The van der Waals surface area contributed by atoms with Crippen molar-refractivity contribution in [2.45, 2.75) is 13.8 Å². The Balaban J connectivity index is 1.18. The molecule has 232 valence electrons. The molecule has 0 aliphatic heterocycles. The van der Waals surface area contributed by atoms with Crippen LogP contribution in [0.3, 0.4) is 0 Å². The second-order valence-electron chi connectivity index (χ2n) is 12.7. The van der Waals surface area contributed by atoms with Crippen LogP contribution in [0.5, 0.6) is 0 Å². The summed E-state index contributed by atoms with van der Waals surface area (Å²) in [6, 6.07) is 51.6. The van der Waals surface area contributed by atoms with Crippen molar-refractivity contribution in [1.82, 2.24) is 9.97 Å². The molecule has 0 spiro atoms. The van der Waals surface area contributed by atoms with Crippen molar-refractivity contribution in [3.8, 4) is 55.8 Å². The fourth-order valence-electron chi connectivity index (χ4n) is 7.13. The van der Waals surface area contributed by atoms with Crippen LogP contribution in [0.2, 0.25) is 0 Å². The third-order valence-corrected chi connectivity index (χ3v) is 9.67. The number of hydrogen-bond donors (Lipinski definition) is 0. The first-order valence-corrected chi connectivity index (χ1v) is 16.6. The molecule has 6 aromatic carbocycles. The number of rotatable bonds is 5. The van der Waals surface area contributed by atoms with E-state index in [-0.39, 0.29) is 0 Å². The van der Waals surface area contributed by atoms with Gasteiger partial charge in [0.05, 0.1) is 11.2 Å². The summed E-state index contributed by atoms with van der Waals surface area (Å²) < 4.78 is 6.44. The minimum atomic E-state index is 0.877. The van der Waals surface area contributed by atoms with Gasteiger partial charge in [-0.25, -0.2) is 4.98 Å². The van der Waals surface area contributed by atoms with Crippen LogP contribution in [0.25, 0.3) is 88.6 Å². The highest BCUT2D eigenvalue weighted by atomic mass is 16.3. The molecule has 0 amide bonds. The lowest BCUT2D eigenvalue weighted by Crippen LogP contribution is -1.91. The number of hydrogen-bond acceptors (Lipinski definition) is 3. The number of nitrogens with zero attached hydrogens (tertiary/aromatic N) is 2. The molecule has 3 heteroatoms. The molecule has 9 rings (SSSR count). The molecule has 0 aliphatic carbocycles. The number of benzene rings is 6. The molecular weight excluding hydrogens is 597 g/mol. The van der Waals surface area contributed by atoms with E-state index < -0.39 is 0 Å². The third kappa shape index (κ3) is 5.08. The Bertz CT molecular complexity index is 2690. The molecule has 0 radical (unpaired) electrons. The molecule has 0 aliphatic rings. The highest BCUT2D eigenvalue weighted by molar-refractivity contribution is 6.13. The topological polar surface area (TPSA) is 38.9 Å². The molecule has 3 heterocycles. The van der Waals surface area contributed by atoms with Crippen molar-refractivity contribution < 1.29 is 4.42 Å². The van der Waals surface area contributed by atoms with Gasteiger partial charge in [0.25, 0.3) is 0 Å². The van der Waals surface area contributed by atoms with E-state index in [0.717, 1.165) is 71.9 Å². The van der Waals surface area contributed by atoms with Crippen LogP contribution in [-0.4, -0.2) is 9.97 Å². The SMILES string of the molecule is Cc1ccccc1-c1cc(-c2ccc3oc4cccc(-c5cccc(-c6cc(-c7ccccc7)c7cnccc7n6)c5)c4c3c2)ccc1C. The van der Waals surface area contributed by atoms with Crippen LogP contribution in [0.1, 0.15) is 11.1 Å². The Morgan fingerprint density at radius 2 is 1.18 bits per heavy atom. The molecule has 3 nitrogen and oxygen atoms in total. The summed E-state index contributed by atoms with van der Waals surface area (Å²) in [7, 11) is 0. The Kier molecular flexibility index (Phi) is 6.91. The molecule has 0 fully saturated rings. The fraction of sp³-hybridized carbons (Fsp3) is 0.0435. The molecule has 0 saturated heterocycles. The van der Waals surface area contributed by atoms with E-state index >= 15 is 0 Å². The zero-order valence-corrected chi connectivity index (χ0v) is 27.3. The smallest absolute Gasteiger partial charge is 0.136 e. The summed E-state index contributed by atoms with van der Waals surface area (Å²) in [5.74, 6) is 0. The molecule has 0 bridgehead atoms. The van der Waals surface area contributed by atoms with E-state index in [1.807, 2.05) is 24.5 Å². The number of pyridine rings is 2. The summed E-state index contributed by atoms with van der Waals surface area (Å²) in [5, 5.41) is 3.26. The third-order valence-electron chi connectivity index (χ3n) is 9.67. The normalized spacial score (nSPS) is 11.5. The molecule has 0 atom stereocenters. The molecule has 9 aromatic rings. The molecular formula is C46H32N2O. The summed E-state index contributed by atoms with van der Waals surface area (Å²) in [4.78, 5) is 9.50. The van der Waals surface area contributed by atoms with Gasteiger partial charge in [0.15, 0.2) is 0 Å². The van der Waals surface area contributed by atoms with Crippen LogP contribution in [0.15, 0.2) is 162 Å². The lowest BCUT2D eigenvalue weighted by atomic mass is 9.92. The zero-order valence-electron chi connectivity index (χ0n) is 27.3. The second kappa shape index (κ2) is 11.7. The maximum Gasteiger partial charge on any atom is 0.136 e. The highest BCUT2D eigenvalue weighted by Crippen LogP contribution is 2.40. The van der Waals surface area contributed by atoms with Gasteiger partial charge in [-0.05, 0) is 112 Å². The van der Waals surface area contributed by atoms with E-state index in [0.29, 0.717) is 0 Å². The van der Waals surface area contributed by atoms with Gasteiger partial charge >= 0.3 is 0 Å². The van der Waals surface area contributed by atoms with Crippen LogP contribution < -0.4 is 0 Å². The minimum Gasteiger partial charge on any atom is -0.456 e. The second-order valence-corrected chi connectivity index (χ2v) is 12.7. The van der Waals surface area contributed by atoms with Crippen molar-refractivity contribution >= 4 is 32.8 Å². The van der Waals surface area contributed by atoms with Gasteiger partial charge in [0.1, 0.15) is 11.2 Å². The van der Waals surface area contributed by atoms with Crippen molar-refractivity contribution in [2.24, 2.45) is 0 Å². The molecule has 0 saturated carbocycles. The van der Waals surface area contributed by atoms with Crippen molar-refractivity contribution in [1.29, 1.82) is 0 Å². The Morgan fingerprint density at radius 3 is 2.08 bits per heavy atom. The standard InChI is InChI=1S/C46H32N2O/c1-29-10-6-7-15-36(29)38-25-32(19-18-30(38)2)33-20-21-44-40(26-33)46-37(16-9-17-45(46)49-44)34-13-8-14-35(24-34)43-27-39(31-11-4-3-5-12-31)41-28-47-23-22-42(41)48-43/h3-28H,1-2H3. The van der Waals surface area contributed by atoms with Crippen molar-refractivity contribution in [3.05, 3.63) is 169 Å². The van der Waals surface area contributed by atoms with Gasteiger partial charge in [0, 0.05) is 34.1 Å². The van der Waals surface area contributed by atoms with E-state index in [4.69, 9.17) is 9.40 Å². The molecule has 3 aromatic heterocycles. The first-order valence-electron chi connectivity index (χ1n) is 16.6. The van der Waals surface area contributed by atoms with E-state index in [1.165, 1.54) is 27.8 Å². The summed E-state index contributed by atoms with van der Waals surface area (Å²) in [6.07, 6.45) is 3.72. The Morgan fingerprint density at radius 1 is 0.449 bits per heavy atom. The van der Waals surface area contributed by atoms with Crippen LogP contribution >= 0.6 is 0 Å². The molecule has 0 N–H and O–H groups in total. The molecule has 49 heavy (non-hydrogen) atoms. The minimum absolute atomic E-state index is 0.877. The van der Waals surface area contributed by atoms with Crippen molar-refractivity contribution in [2.75, 3.05) is 0 Å². The summed E-state index contributed by atoms with van der Waals surface area (Å²) in [5.41, 5.74) is 16.6. The van der Waals surface area contributed by atoms with E-state index in [1.54, 1.807) is 0 Å². The maximum absolute atomic E-state index is 6.44. The van der Waals surface area contributed by atoms with Gasteiger partial charge in [-0.15, -0.1) is 0 Å². The number of furan rings is 1. The Hall–Kier alpha value is -6.32. The van der Waals surface area contributed by atoms with Crippen LogP contribution in [-0.2, 0) is 0 Å². The number of aromatic nitrogens is 2. The lowest BCUT2D eigenvalue weighted by molar-refractivity contribution is 0.669. The quantitative estimate of drug-likeness (QED) is 0.190. The van der Waals surface area contributed by atoms with Gasteiger partial charge in [-0.3, -0.25) is 4.98 Å². The monoisotopic (exact) mass is 628 g/mol. The first kappa shape index (κ1) is 28.9. The predicted molar refractivity (Wildman–Crippen MR) is 203 cm³/mol. The Labute approximate surface area is 285 Å². The van der Waals surface area contributed by atoms with E-state index in [9.17, 15) is 0 Å².